The summed E-state index contributed by atoms with van der Waals surface area (Å²) in [6.45, 7) is 0. The Labute approximate surface area is 87.8 Å². The summed E-state index contributed by atoms with van der Waals surface area (Å²) in [4.78, 5) is 0. The molecular weight excluding hydrogens is 224 g/mol. The summed E-state index contributed by atoms with van der Waals surface area (Å²) in [6, 6.07) is 10.7. The van der Waals surface area contributed by atoms with Crippen molar-refractivity contribution < 1.29 is 0 Å². The van der Waals surface area contributed by atoms with Crippen LogP contribution in [0.3, 0.4) is 0 Å². The lowest BCUT2D eigenvalue weighted by Crippen LogP contribution is -2.18. The SMILES string of the molecule is BrC1(c2ccccc2)CC=CCC1. The molecule has 13 heavy (non-hydrogen) atoms. The van der Waals surface area contributed by atoms with Gasteiger partial charge in [0, 0.05) is 0 Å². The largest absolute Gasteiger partial charge is 0.0884 e. The third-order valence-electron chi connectivity index (χ3n) is 2.61. The fourth-order valence-electron chi connectivity index (χ4n) is 1.80. The van der Waals surface area contributed by atoms with Crippen LogP contribution in [0, 0.1) is 0 Å². The van der Waals surface area contributed by atoms with E-state index in [4.69, 9.17) is 0 Å². The molecular formula is C12H13Br. The molecule has 1 aromatic carbocycles. The number of halogens is 1. The Morgan fingerprint density at radius 1 is 1.08 bits per heavy atom. The highest BCUT2D eigenvalue weighted by Crippen LogP contribution is 2.41. The van der Waals surface area contributed by atoms with Crippen molar-refractivity contribution in [2.45, 2.75) is 23.6 Å². The lowest BCUT2D eigenvalue weighted by atomic mass is 9.88. The van der Waals surface area contributed by atoms with Crippen LogP contribution in [-0.4, -0.2) is 0 Å². The van der Waals surface area contributed by atoms with Gasteiger partial charge in [-0.15, -0.1) is 0 Å². The minimum atomic E-state index is 0.197. The van der Waals surface area contributed by atoms with Crippen LogP contribution in [0.2, 0.25) is 0 Å². The molecule has 1 heteroatoms. The van der Waals surface area contributed by atoms with E-state index in [-0.39, 0.29) is 4.32 Å². The lowest BCUT2D eigenvalue weighted by Gasteiger charge is -2.29. The Hall–Kier alpha value is -0.560. The summed E-state index contributed by atoms with van der Waals surface area (Å²) < 4.78 is 0.197. The van der Waals surface area contributed by atoms with Crippen LogP contribution in [0.1, 0.15) is 24.8 Å². The molecule has 0 bridgehead atoms. The zero-order valence-corrected chi connectivity index (χ0v) is 9.13. The van der Waals surface area contributed by atoms with Crippen LogP contribution in [0.4, 0.5) is 0 Å². The Bertz CT molecular complexity index is 302. The van der Waals surface area contributed by atoms with Crippen molar-refractivity contribution >= 4 is 15.9 Å². The summed E-state index contributed by atoms with van der Waals surface area (Å²) in [5.74, 6) is 0. The van der Waals surface area contributed by atoms with E-state index in [0.717, 1.165) is 6.42 Å². The molecule has 0 nitrogen and oxygen atoms in total. The second-order valence-electron chi connectivity index (χ2n) is 3.55. The highest BCUT2D eigenvalue weighted by molar-refractivity contribution is 9.09. The van der Waals surface area contributed by atoms with Gasteiger partial charge >= 0.3 is 0 Å². The van der Waals surface area contributed by atoms with E-state index < -0.39 is 0 Å². The van der Waals surface area contributed by atoms with Gasteiger partial charge in [0.25, 0.3) is 0 Å². The number of hydrogen-bond donors (Lipinski definition) is 0. The second-order valence-corrected chi connectivity index (χ2v) is 5.06. The van der Waals surface area contributed by atoms with E-state index >= 15 is 0 Å². The van der Waals surface area contributed by atoms with Crippen LogP contribution in [0.15, 0.2) is 42.5 Å². The molecule has 2 rings (SSSR count). The molecule has 68 valence electrons. The number of alkyl halides is 1. The quantitative estimate of drug-likeness (QED) is 0.511. The third-order valence-corrected chi connectivity index (χ3v) is 3.78. The summed E-state index contributed by atoms with van der Waals surface area (Å²) in [5.41, 5.74) is 1.40. The summed E-state index contributed by atoms with van der Waals surface area (Å²) in [7, 11) is 0. The summed E-state index contributed by atoms with van der Waals surface area (Å²) in [6.07, 6.45) is 8.03. The van der Waals surface area contributed by atoms with Gasteiger partial charge in [-0.2, -0.15) is 0 Å². The first kappa shape index (κ1) is 9.01. The van der Waals surface area contributed by atoms with Gasteiger partial charge in [-0.05, 0) is 24.8 Å². The van der Waals surface area contributed by atoms with E-state index in [0.29, 0.717) is 0 Å². The molecule has 0 N–H and O–H groups in total. The molecule has 0 spiro atoms. The molecule has 0 radical (unpaired) electrons. The van der Waals surface area contributed by atoms with Gasteiger partial charge in [-0.1, -0.05) is 58.4 Å². The van der Waals surface area contributed by atoms with Crippen LogP contribution < -0.4 is 0 Å². The molecule has 1 unspecified atom stereocenters. The molecule has 0 aliphatic heterocycles. The standard InChI is InChI=1S/C12H13Br/c13-12(9-5-2-6-10-12)11-7-3-1-4-8-11/h1-5,7-8H,6,9-10H2. The number of benzene rings is 1. The Morgan fingerprint density at radius 2 is 1.85 bits per heavy atom. The zero-order valence-electron chi connectivity index (χ0n) is 7.54. The lowest BCUT2D eigenvalue weighted by molar-refractivity contribution is 0.573. The highest BCUT2D eigenvalue weighted by Gasteiger charge is 2.28. The predicted molar refractivity (Wildman–Crippen MR) is 60.0 cm³/mol. The maximum absolute atomic E-state index is 3.85. The molecule has 0 fully saturated rings. The highest BCUT2D eigenvalue weighted by atomic mass is 79.9. The van der Waals surface area contributed by atoms with Crippen molar-refractivity contribution in [2.24, 2.45) is 0 Å². The van der Waals surface area contributed by atoms with Crippen LogP contribution in [0.25, 0.3) is 0 Å². The monoisotopic (exact) mass is 236 g/mol. The molecule has 1 atom stereocenters. The summed E-state index contributed by atoms with van der Waals surface area (Å²) >= 11 is 3.85. The van der Waals surface area contributed by atoms with Gasteiger partial charge < -0.3 is 0 Å². The Balaban J connectivity index is 2.29. The molecule has 1 aromatic rings. The fraction of sp³-hybridized carbons (Fsp3) is 0.333. The topological polar surface area (TPSA) is 0 Å². The predicted octanol–water partition coefficient (Wildman–Crippen LogP) is 4.02. The van der Waals surface area contributed by atoms with Crippen molar-refractivity contribution in [3.8, 4) is 0 Å². The van der Waals surface area contributed by atoms with Gasteiger partial charge in [-0.3, -0.25) is 0 Å². The molecule has 1 aliphatic rings. The van der Waals surface area contributed by atoms with E-state index in [9.17, 15) is 0 Å². The fourth-order valence-corrected chi connectivity index (χ4v) is 2.48. The van der Waals surface area contributed by atoms with Gasteiger partial charge in [0.15, 0.2) is 0 Å². The van der Waals surface area contributed by atoms with E-state index in [2.05, 4.69) is 58.4 Å². The molecule has 0 saturated carbocycles. The van der Waals surface area contributed by atoms with Gasteiger partial charge in [0.1, 0.15) is 0 Å². The van der Waals surface area contributed by atoms with Crippen LogP contribution in [0.5, 0.6) is 0 Å². The first-order valence-electron chi connectivity index (χ1n) is 4.71. The normalized spacial score (nSPS) is 27.5. The number of allylic oxidation sites excluding steroid dienone is 2. The first-order valence-corrected chi connectivity index (χ1v) is 5.50. The average Bonchev–Trinajstić information content (AvgIpc) is 2.20. The van der Waals surface area contributed by atoms with Gasteiger partial charge in [0.2, 0.25) is 0 Å². The number of rotatable bonds is 1. The molecule has 0 amide bonds. The molecule has 0 heterocycles. The Morgan fingerprint density at radius 3 is 2.46 bits per heavy atom. The minimum absolute atomic E-state index is 0.197. The molecule has 1 aliphatic carbocycles. The second kappa shape index (κ2) is 3.67. The van der Waals surface area contributed by atoms with Crippen molar-refractivity contribution in [3.63, 3.8) is 0 Å². The first-order chi connectivity index (χ1) is 6.31. The van der Waals surface area contributed by atoms with Crippen molar-refractivity contribution in [2.75, 3.05) is 0 Å². The van der Waals surface area contributed by atoms with Crippen LogP contribution in [-0.2, 0) is 4.32 Å². The third kappa shape index (κ3) is 1.86. The molecule has 0 aromatic heterocycles. The zero-order chi connectivity index (χ0) is 9.15. The van der Waals surface area contributed by atoms with E-state index in [1.54, 1.807) is 0 Å². The van der Waals surface area contributed by atoms with Gasteiger partial charge in [0.05, 0.1) is 4.32 Å². The smallest absolute Gasteiger partial charge is 0.0543 e. The maximum Gasteiger partial charge on any atom is 0.0543 e. The van der Waals surface area contributed by atoms with Crippen LogP contribution >= 0.6 is 15.9 Å². The van der Waals surface area contributed by atoms with Crippen molar-refractivity contribution in [1.82, 2.24) is 0 Å². The van der Waals surface area contributed by atoms with E-state index in [1.165, 1.54) is 18.4 Å². The number of hydrogen-bond acceptors (Lipinski definition) is 0. The maximum atomic E-state index is 3.85. The van der Waals surface area contributed by atoms with Crippen molar-refractivity contribution in [1.29, 1.82) is 0 Å². The molecule has 0 saturated heterocycles. The minimum Gasteiger partial charge on any atom is -0.0884 e. The summed E-state index contributed by atoms with van der Waals surface area (Å²) in [5, 5.41) is 0. The Kier molecular flexibility index (Phi) is 2.54. The van der Waals surface area contributed by atoms with E-state index in [1.807, 2.05) is 0 Å². The van der Waals surface area contributed by atoms with Crippen molar-refractivity contribution in [3.05, 3.63) is 48.0 Å². The average molecular weight is 237 g/mol. The van der Waals surface area contributed by atoms with Gasteiger partial charge in [-0.25, -0.2) is 0 Å².